The van der Waals surface area contributed by atoms with Gasteiger partial charge in [-0.25, -0.2) is 0 Å². The van der Waals surface area contributed by atoms with Gasteiger partial charge < -0.3 is 0 Å². The average Bonchev–Trinajstić information content (AvgIpc) is 2.03. The van der Waals surface area contributed by atoms with Gasteiger partial charge in [0, 0.05) is 10.6 Å². The molecule has 0 nitrogen and oxygen atoms in total. The van der Waals surface area contributed by atoms with E-state index in [1.165, 1.54) is 6.07 Å². The lowest BCUT2D eigenvalue weighted by Crippen LogP contribution is -2.04. The normalized spacial score (nSPS) is 11.4. The molecule has 0 heterocycles. The molecule has 0 unspecified atom stereocenters. The van der Waals surface area contributed by atoms with Crippen LogP contribution in [-0.2, 0) is 6.18 Å². The summed E-state index contributed by atoms with van der Waals surface area (Å²) in [4.78, 5) is 0. The molecule has 0 N–H and O–H groups in total. The fourth-order valence-corrected chi connectivity index (χ4v) is 1.02. The zero-order valence-corrected chi connectivity index (χ0v) is 7.21. The summed E-state index contributed by atoms with van der Waals surface area (Å²) < 4.78 is 36.4. The fraction of sp³-hybridized carbons (Fsp3) is 0.111. The molecule has 0 amide bonds. The topological polar surface area (TPSA) is 0 Å². The third-order valence-corrected chi connectivity index (χ3v) is 1.81. The Kier molecular flexibility index (Phi) is 2.66. The number of alkyl halides is 3. The van der Waals surface area contributed by atoms with E-state index in [0.29, 0.717) is 0 Å². The van der Waals surface area contributed by atoms with Gasteiger partial charge in [0.25, 0.3) is 0 Å². The van der Waals surface area contributed by atoms with Gasteiger partial charge in [0.1, 0.15) is 0 Å². The highest BCUT2D eigenvalue weighted by atomic mass is 35.5. The molecule has 1 rings (SSSR count). The molecule has 13 heavy (non-hydrogen) atoms. The van der Waals surface area contributed by atoms with Crippen LogP contribution in [-0.4, -0.2) is 0 Å². The van der Waals surface area contributed by atoms with Gasteiger partial charge >= 0.3 is 6.18 Å². The minimum absolute atomic E-state index is 0.163. The Labute approximate surface area is 78.6 Å². The summed E-state index contributed by atoms with van der Waals surface area (Å²) in [5.41, 5.74) is -0.584. The molecule has 0 aliphatic carbocycles. The Hall–Kier alpha value is -0.960. The van der Waals surface area contributed by atoms with Gasteiger partial charge in [0.2, 0.25) is 0 Å². The second-order valence-electron chi connectivity index (χ2n) is 2.37. The second-order valence-corrected chi connectivity index (χ2v) is 2.78. The van der Waals surface area contributed by atoms with Crippen molar-refractivity contribution in [2.75, 3.05) is 0 Å². The first-order valence-corrected chi connectivity index (χ1v) is 3.73. The van der Waals surface area contributed by atoms with Crippen molar-refractivity contribution in [3.8, 4) is 0 Å². The number of benzene rings is 1. The third-order valence-electron chi connectivity index (χ3n) is 1.48. The van der Waals surface area contributed by atoms with Crippen LogP contribution in [0.4, 0.5) is 13.2 Å². The summed E-state index contributed by atoms with van der Waals surface area (Å²) in [5, 5.41) is 0.211. The Morgan fingerprint density at radius 3 is 2.38 bits per heavy atom. The van der Waals surface area contributed by atoms with Crippen molar-refractivity contribution in [1.82, 2.24) is 0 Å². The van der Waals surface area contributed by atoms with Crippen LogP contribution in [0.25, 0.3) is 0 Å². The van der Waals surface area contributed by atoms with Crippen LogP contribution in [0.5, 0.6) is 0 Å². The molecule has 0 bridgehead atoms. The maximum Gasteiger partial charge on any atom is 0.416 e. The lowest BCUT2D eigenvalue weighted by atomic mass is 10.1. The Balaban J connectivity index is 3.21. The first-order chi connectivity index (χ1) is 5.95. The smallest absolute Gasteiger partial charge is 0.166 e. The van der Waals surface area contributed by atoms with E-state index in [0.717, 1.165) is 12.1 Å². The lowest BCUT2D eigenvalue weighted by Gasteiger charge is -2.07. The summed E-state index contributed by atoms with van der Waals surface area (Å²) >= 11 is 5.58. The number of hydrogen-bond donors (Lipinski definition) is 0. The van der Waals surface area contributed by atoms with Gasteiger partial charge in [-0.3, -0.25) is 0 Å². The molecule has 4 heteroatoms. The summed E-state index contributed by atoms with van der Waals surface area (Å²) in [6, 6.07) is 3.01. The molecule has 0 spiro atoms. The number of rotatable bonds is 1. The van der Waals surface area contributed by atoms with Gasteiger partial charge in [-0.05, 0) is 24.3 Å². The van der Waals surface area contributed by atoms with Crippen molar-refractivity contribution in [2.24, 2.45) is 0 Å². The van der Waals surface area contributed by atoms with Crippen molar-refractivity contribution in [3.05, 3.63) is 47.0 Å². The first kappa shape index (κ1) is 10.1. The van der Waals surface area contributed by atoms with E-state index < -0.39 is 11.7 Å². The molecule has 0 aliphatic heterocycles. The van der Waals surface area contributed by atoms with E-state index in [-0.39, 0.29) is 10.6 Å². The maximum absolute atomic E-state index is 12.1. The molecular weight excluding hydrogens is 201 g/mol. The van der Waals surface area contributed by atoms with Gasteiger partial charge in [-0.15, -0.1) is 0 Å². The van der Waals surface area contributed by atoms with E-state index in [1.807, 2.05) is 0 Å². The molecule has 1 radical (unpaired) electrons. The molecule has 69 valence electrons. The molecule has 0 fully saturated rings. The van der Waals surface area contributed by atoms with Crippen LogP contribution in [0.15, 0.2) is 24.8 Å². The van der Waals surface area contributed by atoms with Crippen molar-refractivity contribution >= 4 is 11.6 Å². The van der Waals surface area contributed by atoms with Crippen LogP contribution >= 0.6 is 11.6 Å². The Morgan fingerprint density at radius 1 is 1.31 bits per heavy atom. The lowest BCUT2D eigenvalue weighted by molar-refractivity contribution is -0.137. The maximum atomic E-state index is 12.1. The highest BCUT2D eigenvalue weighted by Gasteiger charge is 2.30. The van der Waals surface area contributed by atoms with E-state index in [4.69, 9.17) is 11.6 Å². The molecular formula is C9H5ClF3. The van der Waals surface area contributed by atoms with Crippen molar-refractivity contribution < 1.29 is 13.2 Å². The quantitative estimate of drug-likeness (QED) is 0.656. The predicted octanol–water partition coefficient (Wildman–Crippen LogP) is 3.70. The minimum Gasteiger partial charge on any atom is -0.166 e. The monoisotopic (exact) mass is 205 g/mol. The van der Waals surface area contributed by atoms with E-state index in [9.17, 15) is 13.2 Å². The largest absolute Gasteiger partial charge is 0.416 e. The van der Waals surface area contributed by atoms with E-state index in [2.05, 4.69) is 12.7 Å². The molecule has 0 atom stereocenters. The van der Waals surface area contributed by atoms with Crippen LogP contribution in [0.3, 0.4) is 0 Å². The molecule has 1 aromatic rings. The molecule has 0 aromatic heterocycles. The summed E-state index contributed by atoms with van der Waals surface area (Å²) in [6.45, 7) is 3.24. The van der Waals surface area contributed by atoms with Crippen LogP contribution in [0.1, 0.15) is 11.1 Å². The van der Waals surface area contributed by atoms with Gasteiger partial charge in [0.05, 0.1) is 5.56 Å². The first-order valence-electron chi connectivity index (χ1n) is 3.35. The Morgan fingerprint density at radius 2 is 1.92 bits per heavy atom. The summed E-state index contributed by atoms with van der Waals surface area (Å²) in [6.07, 6.45) is -2.03. The molecule has 0 aliphatic rings. The second kappa shape index (κ2) is 3.42. The summed E-state index contributed by atoms with van der Waals surface area (Å²) in [7, 11) is 0. The van der Waals surface area contributed by atoms with Crippen molar-refractivity contribution in [3.63, 3.8) is 0 Å². The third kappa shape index (κ3) is 2.25. The summed E-state index contributed by atoms with van der Waals surface area (Å²) in [5.74, 6) is 0. The van der Waals surface area contributed by atoms with E-state index >= 15 is 0 Å². The highest BCUT2D eigenvalue weighted by Crippen LogP contribution is 2.31. The average molecular weight is 206 g/mol. The fourth-order valence-electron chi connectivity index (χ4n) is 0.837. The standard InChI is InChI=1S/C9H5ClF3/c1-2-6-5-7(9(11,12)13)3-4-8(6)10/h3-5H,1H2. The number of hydrogen-bond acceptors (Lipinski definition) is 0. The highest BCUT2D eigenvalue weighted by molar-refractivity contribution is 6.31. The van der Waals surface area contributed by atoms with Gasteiger partial charge in [-0.1, -0.05) is 18.2 Å². The van der Waals surface area contributed by atoms with Gasteiger partial charge in [-0.2, -0.15) is 13.2 Å². The van der Waals surface area contributed by atoms with Crippen LogP contribution in [0, 0.1) is 6.08 Å². The van der Waals surface area contributed by atoms with Crippen LogP contribution in [0.2, 0.25) is 5.02 Å². The zero-order valence-electron chi connectivity index (χ0n) is 6.45. The van der Waals surface area contributed by atoms with Gasteiger partial charge in [0.15, 0.2) is 0 Å². The van der Waals surface area contributed by atoms with Crippen molar-refractivity contribution in [2.45, 2.75) is 6.18 Å². The van der Waals surface area contributed by atoms with Crippen LogP contribution < -0.4 is 0 Å². The zero-order chi connectivity index (χ0) is 10.1. The van der Waals surface area contributed by atoms with E-state index in [1.54, 1.807) is 0 Å². The molecule has 0 saturated carbocycles. The number of halogens is 4. The SMILES string of the molecule is C=[C]c1cc(C(F)(F)F)ccc1Cl. The predicted molar refractivity (Wildman–Crippen MR) is 44.4 cm³/mol. The van der Waals surface area contributed by atoms with Crippen molar-refractivity contribution in [1.29, 1.82) is 0 Å². The minimum atomic E-state index is -4.35. The molecule has 0 saturated heterocycles. The molecule has 1 aromatic carbocycles. The Bertz CT molecular complexity index is 328.